The molecule has 1 amide bonds. The van der Waals surface area contributed by atoms with Crippen molar-refractivity contribution < 1.29 is 19.4 Å². The topological polar surface area (TPSA) is 110 Å². The van der Waals surface area contributed by atoms with Gasteiger partial charge in [0.1, 0.15) is 17.0 Å². The molecule has 0 radical (unpaired) electrons. The highest BCUT2D eigenvalue weighted by Crippen LogP contribution is 2.33. The van der Waals surface area contributed by atoms with Gasteiger partial charge in [0.15, 0.2) is 0 Å². The van der Waals surface area contributed by atoms with E-state index in [2.05, 4.69) is 37.3 Å². The zero-order valence-electron chi connectivity index (χ0n) is 18.3. The number of fused-ring (bicyclic) bond motifs is 1. The van der Waals surface area contributed by atoms with Crippen molar-refractivity contribution in [2.45, 2.75) is 37.8 Å². The SMILES string of the molecule is O=C(N[C@H]1CC[C@@H](Oc2cc(N3CCOCC3)cc3nccnc23)CC1)c1cccc(O)n1. The van der Waals surface area contributed by atoms with E-state index in [1.807, 2.05) is 0 Å². The number of benzene rings is 1. The number of morpholine rings is 1. The van der Waals surface area contributed by atoms with Crippen molar-refractivity contribution in [2.75, 3.05) is 31.2 Å². The fourth-order valence-corrected chi connectivity index (χ4v) is 4.44. The Morgan fingerprint density at radius 2 is 1.88 bits per heavy atom. The molecule has 1 saturated heterocycles. The van der Waals surface area contributed by atoms with Crippen LogP contribution in [0.1, 0.15) is 36.2 Å². The van der Waals surface area contributed by atoms with Crippen molar-refractivity contribution in [3.05, 3.63) is 48.4 Å². The Hall–Kier alpha value is -3.46. The molecule has 3 heterocycles. The molecular formula is C24H27N5O4. The lowest BCUT2D eigenvalue weighted by Gasteiger charge is -2.31. The summed E-state index contributed by atoms with van der Waals surface area (Å²) in [7, 11) is 0. The van der Waals surface area contributed by atoms with E-state index in [1.165, 1.54) is 6.07 Å². The van der Waals surface area contributed by atoms with E-state index >= 15 is 0 Å². The molecule has 1 aliphatic carbocycles. The van der Waals surface area contributed by atoms with Gasteiger partial charge in [0.25, 0.3) is 5.91 Å². The quantitative estimate of drug-likeness (QED) is 0.612. The van der Waals surface area contributed by atoms with Crippen LogP contribution >= 0.6 is 0 Å². The van der Waals surface area contributed by atoms with Gasteiger partial charge >= 0.3 is 0 Å². The second-order valence-electron chi connectivity index (χ2n) is 8.41. The predicted octanol–water partition coefficient (Wildman–Crippen LogP) is 2.69. The molecule has 9 nitrogen and oxygen atoms in total. The van der Waals surface area contributed by atoms with Crippen molar-refractivity contribution in [3.63, 3.8) is 0 Å². The Morgan fingerprint density at radius 3 is 2.67 bits per heavy atom. The fraction of sp³-hybridized carbons (Fsp3) is 0.417. The fourth-order valence-electron chi connectivity index (χ4n) is 4.44. The number of ether oxygens (including phenoxy) is 2. The van der Waals surface area contributed by atoms with Crippen LogP contribution in [0.25, 0.3) is 11.0 Å². The molecule has 2 aromatic heterocycles. The van der Waals surface area contributed by atoms with Crippen molar-refractivity contribution >= 4 is 22.6 Å². The third-order valence-electron chi connectivity index (χ3n) is 6.17. The maximum atomic E-state index is 12.4. The minimum atomic E-state index is -0.269. The summed E-state index contributed by atoms with van der Waals surface area (Å²) in [4.78, 5) is 27.6. The average molecular weight is 450 g/mol. The van der Waals surface area contributed by atoms with Gasteiger partial charge in [0.2, 0.25) is 5.88 Å². The number of nitrogens with zero attached hydrogens (tertiary/aromatic N) is 4. The summed E-state index contributed by atoms with van der Waals surface area (Å²) in [6, 6.07) is 8.82. The lowest BCUT2D eigenvalue weighted by Crippen LogP contribution is -2.40. The van der Waals surface area contributed by atoms with Crippen molar-refractivity contribution in [1.29, 1.82) is 0 Å². The highest BCUT2D eigenvalue weighted by atomic mass is 16.5. The van der Waals surface area contributed by atoms with Gasteiger partial charge in [-0.1, -0.05) is 6.07 Å². The number of pyridine rings is 1. The van der Waals surface area contributed by atoms with Crippen molar-refractivity contribution in [2.24, 2.45) is 0 Å². The summed E-state index contributed by atoms with van der Waals surface area (Å²) in [5.74, 6) is 0.322. The number of amides is 1. The Balaban J connectivity index is 1.25. The first-order valence-corrected chi connectivity index (χ1v) is 11.4. The van der Waals surface area contributed by atoms with Crippen LogP contribution in [0.3, 0.4) is 0 Å². The van der Waals surface area contributed by atoms with Crippen LogP contribution in [0.2, 0.25) is 0 Å². The number of hydrogen-bond donors (Lipinski definition) is 2. The van der Waals surface area contributed by atoms with E-state index in [9.17, 15) is 9.90 Å². The molecule has 0 atom stereocenters. The maximum Gasteiger partial charge on any atom is 0.270 e. The number of rotatable bonds is 5. The van der Waals surface area contributed by atoms with Gasteiger partial charge in [0, 0.05) is 49.3 Å². The number of hydrogen-bond acceptors (Lipinski definition) is 8. The minimum Gasteiger partial charge on any atom is -0.493 e. The largest absolute Gasteiger partial charge is 0.493 e. The monoisotopic (exact) mass is 449 g/mol. The number of carbonyl (C=O) groups excluding carboxylic acids is 1. The number of carbonyl (C=O) groups is 1. The molecule has 3 aromatic rings. The Morgan fingerprint density at radius 1 is 1.09 bits per heavy atom. The van der Waals surface area contributed by atoms with Gasteiger partial charge in [0.05, 0.1) is 24.8 Å². The summed E-state index contributed by atoms with van der Waals surface area (Å²) in [6.45, 7) is 3.10. The van der Waals surface area contributed by atoms with E-state index in [4.69, 9.17) is 9.47 Å². The molecule has 1 aliphatic heterocycles. The van der Waals surface area contributed by atoms with Gasteiger partial charge in [-0.05, 0) is 37.8 Å². The second kappa shape index (κ2) is 9.58. The predicted molar refractivity (Wildman–Crippen MR) is 123 cm³/mol. The van der Waals surface area contributed by atoms with Gasteiger partial charge in [-0.2, -0.15) is 0 Å². The molecule has 1 aromatic carbocycles. The van der Waals surface area contributed by atoms with E-state index < -0.39 is 0 Å². The summed E-state index contributed by atoms with van der Waals surface area (Å²) in [5, 5.41) is 12.5. The average Bonchev–Trinajstić information content (AvgIpc) is 2.85. The molecule has 0 unspecified atom stereocenters. The van der Waals surface area contributed by atoms with E-state index in [-0.39, 0.29) is 29.6 Å². The van der Waals surface area contributed by atoms with Gasteiger partial charge < -0.3 is 24.8 Å². The normalized spacial score (nSPS) is 21.0. The van der Waals surface area contributed by atoms with Crippen LogP contribution in [0, 0.1) is 0 Å². The zero-order chi connectivity index (χ0) is 22.6. The van der Waals surface area contributed by atoms with Gasteiger partial charge in [-0.25, -0.2) is 9.97 Å². The number of anilines is 1. The first-order valence-electron chi connectivity index (χ1n) is 11.4. The first-order chi connectivity index (χ1) is 16.2. The van der Waals surface area contributed by atoms with Crippen molar-refractivity contribution in [3.8, 4) is 11.6 Å². The summed E-state index contributed by atoms with van der Waals surface area (Å²) in [5.41, 5.74) is 2.87. The molecule has 2 aliphatic rings. The Bertz CT molecular complexity index is 1130. The molecular weight excluding hydrogens is 422 g/mol. The highest BCUT2D eigenvalue weighted by Gasteiger charge is 2.25. The lowest BCUT2D eigenvalue weighted by molar-refractivity contribution is 0.0889. The van der Waals surface area contributed by atoms with E-state index in [1.54, 1.807) is 24.5 Å². The van der Waals surface area contributed by atoms with Gasteiger partial charge in [-0.3, -0.25) is 9.78 Å². The first kappa shape index (κ1) is 21.4. The molecule has 2 fully saturated rings. The third-order valence-corrected chi connectivity index (χ3v) is 6.17. The van der Waals surface area contributed by atoms with Crippen LogP contribution in [0.5, 0.6) is 11.6 Å². The van der Waals surface area contributed by atoms with E-state index in [0.29, 0.717) is 13.2 Å². The highest BCUT2D eigenvalue weighted by molar-refractivity contribution is 5.92. The zero-order valence-corrected chi connectivity index (χ0v) is 18.3. The summed E-state index contributed by atoms with van der Waals surface area (Å²) >= 11 is 0. The Kier molecular flexibility index (Phi) is 6.21. The minimum absolute atomic E-state index is 0.0437. The molecule has 1 saturated carbocycles. The summed E-state index contributed by atoms with van der Waals surface area (Å²) < 4.78 is 11.9. The smallest absolute Gasteiger partial charge is 0.270 e. The number of nitrogens with one attached hydrogen (secondary N) is 1. The van der Waals surface area contributed by atoms with Crippen LogP contribution in [0.15, 0.2) is 42.7 Å². The number of aromatic nitrogens is 3. The second-order valence-corrected chi connectivity index (χ2v) is 8.41. The molecule has 172 valence electrons. The van der Waals surface area contributed by atoms with Crippen LogP contribution in [-0.2, 0) is 4.74 Å². The lowest BCUT2D eigenvalue weighted by atomic mass is 9.92. The van der Waals surface area contributed by atoms with Gasteiger partial charge in [-0.15, -0.1) is 0 Å². The Labute approximate surface area is 191 Å². The molecule has 5 rings (SSSR count). The third kappa shape index (κ3) is 4.98. The molecule has 0 spiro atoms. The van der Waals surface area contributed by atoms with Crippen LogP contribution in [0.4, 0.5) is 5.69 Å². The number of aromatic hydroxyl groups is 1. The van der Waals surface area contributed by atoms with Crippen molar-refractivity contribution in [1.82, 2.24) is 20.3 Å². The van der Waals surface area contributed by atoms with Crippen LogP contribution < -0.4 is 15.0 Å². The molecule has 9 heteroatoms. The molecule has 2 N–H and O–H groups in total. The standard InChI is InChI=1S/C24H27N5O4/c30-22-3-1-2-19(28-22)24(31)27-16-4-6-18(7-5-16)33-21-15-17(29-10-12-32-13-11-29)14-20-23(21)26-9-8-25-20/h1-3,8-9,14-16,18H,4-7,10-13H2,(H,27,31)(H,28,30)/t16-,18+. The molecule has 0 bridgehead atoms. The van der Waals surface area contributed by atoms with Crippen LogP contribution in [-0.4, -0.2) is 64.4 Å². The maximum absolute atomic E-state index is 12.4. The van der Waals surface area contributed by atoms with E-state index in [0.717, 1.165) is 61.2 Å². The summed E-state index contributed by atoms with van der Waals surface area (Å²) in [6.07, 6.45) is 6.69. The molecule has 33 heavy (non-hydrogen) atoms.